The first-order valence-corrected chi connectivity index (χ1v) is 7.44. The van der Waals surface area contributed by atoms with E-state index in [9.17, 15) is 19.2 Å². The number of methoxy groups -OCH3 is 1. The summed E-state index contributed by atoms with van der Waals surface area (Å²) in [6.07, 6.45) is 1.72. The van der Waals surface area contributed by atoms with Crippen LogP contribution in [-0.4, -0.2) is 60.7 Å². The SMILES string of the molecule is CCN1CCN(C(=O)NC([C]=O)c2ccc(OC)cc2)C(=O)C1=O. The van der Waals surface area contributed by atoms with E-state index < -0.39 is 23.9 Å². The van der Waals surface area contributed by atoms with Crippen molar-refractivity contribution in [3.63, 3.8) is 0 Å². The van der Waals surface area contributed by atoms with Crippen molar-refractivity contribution in [3.05, 3.63) is 29.8 Å². The number of carbonyl (C=O) groups is 3. The Morgan fingerprint density at radius 1 is 1.25 bits per heavy atom. The van der Waals surface area contributed by atoms with E-state index in [1.54, 1.807) is 37.5 Å². The number of rotatable bonds is 5. The minimum Gasteiger partial charge on any atom is -0.497 e. The van der Waals surface area contributed by atoms with Crippen molar-refractivity contribution in [1.82, 2.24) is 15.1 Å². The maximum atomic E-state index is 12.2. The van der Waals surface area contributed by atoms with E-state index in [0.29, 0.717) is 17.9 Å². The lowest BCUT2D eigenvalue weighted by Gasteiger charge is -2.32. The van der Waals surface area contributed by atoms with E-state index in [-0.39, 0.29) is 13.1 Å². The normalized spacial score (nSPS) is 15.9. The van der Waals surface area contributed by atoms with Crippen LogP contribution in [0, 0.1) is 0 Å². The number of ether oxygens (including phenoxy) is 1. The van der Waals surface area contributed by atoms with Crippen molar-refractivity contribution >= 4 is 24.1 Å². The number of hydrogen-bond donors (Lipinski definition) is 1. The van der Waals surface area contributed by atoms with Crippen molar-refractivity contribution in [2.24, 2.45) is 0 Å². The number of nitrogens with zero attached hydrogens (tertiary/aromatic N) is 2. The zero-order valence-corrected chi connectivity index (χ0v) is 13.4. The summed E-state index contributed by atoms with van der Waals surface area (Å²) in [7, 11) is 1.51. The van der Waals surface area contributed by atoms with Crippen LogP contribution in [0.5, 0.6) is 5.75 Å². The second-order valence-corrected chi connectivity index (χ2v) is 5.12. The molecule has 1 fully saturated rings. The highest BCUT2D eigenvalue weighted by atomic mass is 16.5. The minimum absolute atomic E-state index is 0.0818. The van der Waals surface area contributed by atoms with Crippen LogP contribution in [0.1, 0.15) is 18.5 Å². The van der Waals surface area contributed by atoms with Gasteiger partial charge in [0.1, 0.15) is 11.8 Å². The largest absolute Gasteiger partial charge is 0.497 e. The van der Waals surface area contributed by atoms with Gasteiger partial charge >= 0.3 is 17.8 Å². The maximum Gasteiger partial charge on any atom is 0.325 e. The summed E-state index contributed by atoms with van der Waals surface area (Å²) in [4.78, 5) is 49.4. The smallest absolute Gasteiger partial charge is 0.325 e. The Morgan fingerprint density at radius 2 is 1.92 bits per heavy atom. The first kappa shape index (κ1) is 17.5. The molecule has 127 valence electrons. The summed E-state index contributed by atoms with van der Waals surface area (Å²) in [5, 5.41) is 2.40. The van der Waals surface area contributed by atoms with Crippen LogP contribution >= 0.6 is 0 Å². The molecule has 1 N–H and O–H groups in total. The highest BCUT2D eigenvalue weighted by Gasteiger charge is 2.36. The second kappa shape index (κ2) is 7.58. The monoisotopic (exact) mass is 332 g/mol. The molecule has 8 heteroatoms. The van der Waals surface area contributed by atoms with Gasteiger partial charge in [0.25, 0.3) is 0 Å². The maximum absolute atomic E-state index is 12.2. The number of piperazine rings is 1. The van der Waals surface area contributed by atoms with Gasteiger partial charge in [-0.3, -0.25) is 19.3 Å². The predicted molar refractivity (Wildman–Crippen MR) is 83.9 cm³/mol. The summed E-state index contributed by atoms with van der Waals surface area (Å²) in [5.41, 5.74) is 0.491. The molecule has 1 heterocycles. The molecular weight excluding hydrogens is 314 g/mol. The highest BCUT2D eigenvalue weighted by Crippen LogP contribution is 2.17. The number of nitrogens with one attached hydrogen (secondary N) is 1. The number of amides is 4. The first-order chi connectivity index (χ1) is 11.5. The summed E-state index contributed by atoms with van der Waals surface area (Å²) in [6.45, 7) is 2.50. The van der Waals surface area contributed by atoms with Crippen LogP contribution in [0.4, 0.5) is 4.79 Å². The fourth-order valence-corrected chi connectivity index (χ4v) is 2.35. The van der Waals surface area contributed by atoms with Crippen LogP contribution in [0.15, 0.2) is 24.3 Å². The first-order valence-electron chi connectivity index (χ1n) is 7.44. The summed E-state index contributed by atoms with van der Waals surface area (Å²) < 4.78 is 5.02. The van der Waals surface area contributed by atoms with Crippen LogP contribution in [0.3, 0.4) is 0 Å². The molecule has 1 atom stereocenters. The molecule has 1 radical (unpaired) electrons. The van der Waals surface area contributed by atoms with Crippen molar-refractivity contribution in [2.75, 3.05) is 26.7 Å². The van der Waals surface area contributed by atoms with E-state index in [2.05, 4.69) is 5.32 Å². The van der Waals surface area contributed by atoms with Gasteiger partial charge in [0.05, 0.1) is 7.11 Å². The highest BCUT2D eigenvalue weighted by molar-refractivity contribution is 6.38. The number of urea groups is 1. The molecule has 1 aromatic rings. The van der Waals surface area contributed by atoms with Gasteiger partial charge in [-0.05, 0) is 24.6 Å². The predicted octanol–water partition coefficient (Wildman–Crippen LogP) is 0.246. The van der Waals surface area contributed by atoms with Crippen LogP contribution in [0.25, 0.3) is 0 Å². The van der Waals surface area contributed by atoms with Crippen molar-refractivity contribution < 1.29 is 23.9 Å². The van der Waals surface area contributed by atoms with E-state index in [0.717, 1.165) is 4.90 Å². The van der Waals surface area contributed by atoms with Crippen molar-refractivity contribution in [1.29, 1.82) is 0 Å². The zero-order valence-electron chi connectivity index (χ0n) is 13.4. The van der Waals surface area contributed by atoms with E-state index in [4.69, 9.17) is 4.74 Å². The van der Waals surface area contributed by atoms with Crippen LogP contribution < -0.4 is 10.1 Å². The van der Waals surface area contributed by atoms with E-state index in [1.807, 2.05) is 0 Å². The Bertz CT molecular complexity index is 644. The zero-order chi connectivity index (χ0) is 17.7. The molecule has 1 aliphatic heterocycles. The standard InChI is InChI=1S/C16H18N3O5/c1-3-18-8-9-19(15(22)14(18)21)16(23)17-13(10-20)11-4-6-12(24-2)7-5-11/h4-7,13H,3,8-9H2,1-2H3,(H,17,23). The molecule has 1 unspecified atom stereocenters. The van der Waals surface area contributed by atoms with Gasteiger partial charge in [0, 0.05) is 19.6 Å². The Kier molecular flexibility index (Phi) is 5.51. The Hall–Kier alpha value is -2.90. The van der Waals surface area contributed by atoms with Gasteiger partial charge < -0.3 is 15.0 Å². The van der Waals surface area contributed by atoms with Gasteiger partial charge in [-0.15, -0.1) is 0 Å². The fourth-order valence-electron chi connectivity index (χ4n) is 2.35. The molecule has 0 bridgehead atoms. The van der Waals surface area contributed by atoms with Gasteiger partial charge in [-0.1, -0.05) is 12.1 Å². The molecule has 1 aliphatic rings. The van der Waals surface area contributed by atoms with E-state index >= 15 is 0 Å². The van der Waals surface area contributed by atoms with E-state index in [1.165, 1.54) is 12.0 Å². The van der Waals surface area contributed by atoms with Gasteiger partial charge in [0.2, 0.25) is 6.29 Å². The second-order valence-electron chi connectivity index (χ2n) is 5.12. The van der Waals surface area contributed by atoms with Crippen LogP contribution in [-0.2, 0) is 14.4 Å². The molecule has 0 spiro atoms. The molecule has 0 saturated carbocycles. The number of benzene rings is 1. The summed E-state index contributed by atoms with van der Waals surface area (Å²) in [5.74, 6) is -1.03. The van der Waals surface area contributed by atoms with Crippen molar-refractivity contribution in [2.45, 2.75) is 13.0 Å². The number of carbonyl (C=O) groups excluding carboxylic acids is 4. The van der Waals surface area contributed by atoms with Gasteiger partial charge in [-0.2, -0.15) is 0 Å². The van der Waals surface area contributed by atoms with Crippen molar-refractivity contribution in [3.8, 4) is 5.75 Å². The fraction of sp³-hybridized carbons (Fsp3) is 0.375. The number of hydrogen-bond acceptors (Lipinski definition) is 5. The average molecular weight is 332 g/mol. The topological polar surface area (TPSA) is 96.0 Å². The van der Waals surface area contributed by atoms with Gasteiger partial charge in [0.15, 0.2) is 0 Å². The third-order valence-electron chi connectivity index (χ3n) is 3.77. The molecule has 1 aromatic carbocycles. The molecule has 8 nitrogen and oxygen atoms in total. The molecule has 1 saturated heterocycles. The lowest BCUT2D eigenvalue weighted by Crippen LogP contribution is -2.58. The third-order valence-corrected chi connectivity index (χ3v) is 3.77. The van der Waals surface area contributed by atoms with Gasteiger partial charge in [-0.25, -0.2) is 4.79 Å². The lowest BCUT2D eigenvalue weighted by molar-refractivity contribution is -0.153. The Labute approximate surface area is 139 Å². The molecule has 4 amide bonds. The third kappa shape index (κ3) is 3.53. The molecule has 0 aliphatic carbocycles. The Balaban J connectivity index is 2.07. The Morgan fingerprint density at radius 3 is 2.46 bits per heavy atom. The minimum atomic E-state index is -1.05. The van der Waals surface area contributed by atoms with Crippen LogP contribution in [0.2, 0.25) is 0 Å². The lowest BCUT2D eigenvalue weighted by atomic mass is 10.1. The molecule has 24 heavy (non-hydrogen) atoms. The molecular formula is C16H18N3O5. The number of imide groups is 1. The molecule has 2 rings (SSSR count). The summed E-state index contributed by atoms with van der Waals surface area (Å²) >= 11 is 0. The summed E-state index contributed by atoms with van der Waals surface area (Å²) in [6, 6.07) is 4.65. The average Bonchev–Trinajstić information content (AvgIpc) is 2.61. The quantitative estimate of drug-likeness (QED) is 0.780. The number of likely N-dealkylation sites (N-methyl/N-ethyl adjacent to an activating group) is 1. The molecule has 0 aromatic heterocycles.